The fourth-order valence-electron chi connectivity index (χ4n) is 7.68. The Morgan fingerprint density at radius 1 is 0.345 bits per heavy atom. The molecule has 0 fully saturated rings. The molecule has 0 amide bonds. The molecule has 0 aliphatic rings. The van der Waals surface area contributed by atoms with Crippen molar-refractivity contribution in [1.82, 2.24) is 0 Å². The van der Waals surface area contributed by atoms with Crippen LogP contribution in [0.15, 0.2) is 158 Å². The van der Waals surface area contributed by atoms with Crippen LogP contribution in [0.5, 0.6) is 46.0 Å². The van der Waals surface area contributed by atoms with Gasteiger partial charge in [-0.05, 0) is 171 Å². The van der Waals surface area contributed by atoms with Crippen LogP contribution in [0.2, 0.25) is 0 Å². The Hall–Kier alpha value is -9.84. The van der Waals surface area contributed by atoms with Gasteiger partial charge in [-0.25, -0.2) is 38.5 Å². The van der Waals surface area contributed by atoms with E-state index >= 15 is 0 Å². The average Bonchev–Trinajstić information content (AvgIpc) is 3.65. The van der Waals surface area contributed by atoms with E-state index in [0.29, 0.717) is 24.0 Å². The van der Waals surface area contributed by atoms with Crippen LogP contribution in [0.25, 0.3) is 0 Å². The third-order valence-corrected chi connectivity index (χ3v) is 12.3. The average molecular weight is 1150 g/mol. The smallest absolute Gasteiger partial charge is 0.381 e. The molecule has 0 atom stereocenters. The summed E-state index contributed by atoms with van der Waals surface area (Å²) in [4.78, 5) is 120. The van der Waals surface area contributed by atoms with Gasteiger partial charge in [0.15, 0.2) is 11.5 Å². The first-order valence-electron chi connectivity index (χ1n) is 26.9. The summed E-state index contributed by atoms with van der Waals surface area (Å²) < 4.78 is 33.8. The first-order chi connectivity index (χ1) is 39.8. The van der Waals surface area contributed by atoms with Crippen molar-refractivity contribution in [2.75, 3.05) is 0 Å². The zero-order valence-electron chi connectivity index (χ0n) is 48.1. The summed E-state index contributed by atoms with van der Waals surface area (Å²) in [5, 5.41) is 0. The molecular formula is C66H66O18. The number of hydrogen-bond acceptors (Lipinski definition) is 18. The largest absolute Gasteiger partial charge is 0.427 e. The van der Waals surface area contributed by atoms with Crippen LogP contribution in [0, 0.1) is 0 Å². The van der Waals surface area contributed by atoms with Crippen molar-refractivity contribution in [3.63, 3.8) is 0 Å². The van der Waals surface area contributed by atoms with Gasteiger partial charge in [0, 0.05) is 35.1 Å². The minimum absolute atomic E-state index is 0.161. The standard InChI is InChI=1S/C66H66O18/c1-41(2)59(69)83-81-49-31-23-43(24-32-49)61(71)77-51-35-37-55(53(39-51)65(5,6)7)79-63(73)45-19-27-47(28-20-45)75-57(67)17-15-13-11-12-14-16-18-58(68)76-48-29-21-46(22-30-48)64(74)80-56-38-36-52(40-54(56)66(8,9)10)78-62(72)44-25-33-50(34-26-44)82-84-60(70)42(3)4/h19-40H,1,3,11-18H2,2,4-10H3. The molecule has 0 aromatic heterocycles. The Labute approximate surface area is 487 Å². The molecule has 18 nitrogen and oxygen atoms in total. The van der Waals surface area contributed by atoms with Crippen LogP contribution in [-0.4, -0.2) is 47.8 Å². The van der Waals surface area contributed by atoms with E-state index in [2.05, 4.69) is 22.9 Å². The molecule has 6 aromatic carbocycles. The van der Waals surface area contributed by atoms with E-state index in [9.17, 15) is 38.4 Å². The summed E-state index contributed by atoms with van der Waals surface area (Å²) in [5.41, 5.74) is 1.32. The molecule has 0 bridgehead atoms. The van der Waals surface area contributed by atoms with E-state index in [1.165, 1.54) is 123 Å². The fourth-order valence-corrected chi connectivity index (χ4v) is 7.68. The Kier molecular flexibility index (Phi) is 22.0. The molecule has 0 aliphatic heterocycles. The topological polar surface area (TPSA) is 229 Å². The minimum atomic E-state index is -0.730. The Bertz CT molecular complexity index is 3150. The SMILES string of the molecule is C=C(C)C(=O)OOc1ccc(C(=O)Oc2ccc(OC(=O)c3ccc(OC(=O)CCCCCCCCC(=O)Oc4ccc(C(=O)Oc5ccc(OC(=O)c6ccc(OOC(=O)C(=C)C)cc6)cc5C(C)(C)C)cc4)cc3)c(C(C)(C)C)c2)cc1. The Morgan fingerprint density at radius 2 is 0.619 bits per heavy atom. The van der Waals surface area contributed by atoms with E-state index < -0.39 is 58.6 Å². The molecule has 0 heterocycles. The molecule has 0 N–H and O–H groups in total. The number of esters is 6. The number of rotatable bonds is 25. The number of carbonyl (C=O) groups excluding carboxylic acids is 8. The molecule has 84 heavy (non-hydrogen) atoms. The van der Waals surface area contributed by atoms with Crippen LogP contribution in [0.3, 0.4) is 0 Å². The van der Waals surface area contributed by atoms with Crippen LogP contribution in [-0.2, 0) is 39.8 Å². The van der Waals surface area contributed by atoms with Gasteiger partial charge < -0.3 is 28.4 Å². The van der Waals surface area contributed by atoms with Crippen molar-refractivity contribution in [3.8, 4) is 46.0 Å². The highest BCUT2D eigenvalue weighted by molar-refractivity contribution is 5.94. The zero-order valence-corrected chi connectivity index (χ0v) is 48.1. The van der Waals surface area contributed by atoms with Gasteiger partial charge in [0.2, 0.25) is 0 Å². The minimum Gasteiger partial charge on any atom is -0.427 e. The zero-order chi connectivity index (χ0) is 61.1. The molecular weight excluding hydrogens is 1080 g/mol. The Morgan fingerprint density at radius 3 is 0.917 bits per heavy atom. The summed E-state index contributed by atoms with van der Waals surface area (Å²) in [5.74, 6) is -2.99. The highest BCUT2D eigenvalue weighted by atomic mass is 17.2. The summed E-state index contributed by atoms with van der Waals surface area (Å²) in [6, 6.07) is 33.0. The van der Waals surface area contributed by atoms with E-state index in [0.717, 1.165) is 25.7 Å². The van der Waals surface area contributed by atoms with E-state index in [1.54, 1.807) is 24.3 Å². The molecule has 0 saturated carbocycles. The first kappa shape index (κ1) is 63.3. The molecule has 0 radical (unpaired) electrons. The molecule has 0 unspecified atom stereocenters. The predicted octanol–water partition coefficient (Wildman–Crippen LogP) is 13.6. The number of ether oxygens (including phenoxy) is 6. The molecule has 6 rings (SSSR count). The number of benzene rings is 6. The van der Waals surface area contributed by atoms with Crippen molar-refractivity contribution in [2.24, 2.45) is 0 Å². The molecule has 438 valence electrons. The van der Waals surface area contributed by atoms with Crippen LogP contribution in [0.4, 0.5) is 0 Å². The van der Waals surface area contributed by atoms with Crippen LogP contribution < -0.4 is 38.2 Å². The second kappa shape index (κ2) is 29.2. The number of unbranched alkanes of at least 4 members (excludes halogenated alkanes) is 5. The van der Waals surface area contributed by atoms with Gasteiger partial charge in [0.25, 0.3) is 0 Å². The highest BCUT2D eigenvalue weighted by Gasteiger charge is 2.26. The van der Waals surface area contributed by atoms with Gasteiger partial charge >= 0.3 is 47.8 Å². The van der Waals surface area contributed by atoms with Crippen LogP contribution >= 0.6 is 0 Å². The van der Waals surface area contributed by atoms with Gasteiger partial charge in [-0.15, -0.1) is 0 Å². The predicted molar refractivity (Wildman–Crippen MR) is 307 cm³/mol. The maximum Gasteiger partial charge on any atom is 0.381 e. The van der Waals surface area contributed by atoms with Crippen LogP contribution in [0.1, 0.15) is 159 Å². The maximum absolute atomic E-state index is 13.3. The van der Waals surface area contributed by atoms with Crippen molar-refractivity contribution in [2.45, 2.75) is 118 Å². The van der Waals surface area contributed by atoms with Crippen molar-refractivity contribution in [1.29, 1.82) is 0 Å². The second-order valence-electron chi connectivity index (χ2n) is 21.5. The third-order valence-electron chi connectivity index (χ3n) is 12.3. The van der Waals surface area contributed by atoms with E-state index in [-0.39, 0.29) is 92.2 Å². The van der Waals surface area contributed by atoms with Crippen molar-refractivity contribution >= 4 is 47.8 Å². The first-order valence-corrected chi connectivity index (χ1v) is 26.9. The quantitative estimate of drug-likeness (QED) is 0.0130. The molecule has 18 heteroatoms. The van der Waals surface area contributed by atoms with E-state index in [1.807, 2.05) is 41.5 Å². The van der Waals surface area contributed by atoms with E-state index in [4.69, 9.17) is 38.2 Å². The summed E-state index contributed by atoms with van der Waals surface area (Å²) in [6.45, 7) is 21.4. The third kappa shape index (κ3) is 19.4. The molecule has 6 aromatic rings. The summed E-state index contributed by atoms with van der Waals surface area (Å²) in [7, 11) is 0. The van der Waals surface area contributed by atoms with Crippen molar-refractivity contribution < 1.29 is 86.3 Å². The van der Waals surface area contributed by atoms with Gasteiger partial charge in [-0.2, -0.15) is 0 Å². The maximum atomic E-state index is 13.3. The normalized spacial score (nSPS) is 11.0. The molecule has 0 aliphatic carbocycles. The van der Waals surface area contributed by atoms with Gasteiger partial charge in [-0.1, -0.05) is 80.4 Å². The lowest BCUT2D eigenvalue weighted by Crippen LogP contribution is -2.17. The van der Waals surface area contributed by atoms with Crippen molar-refractivity contribution in [3.05, 3.63) is 191 Å². The summed E-state index contributed by atoms with van der Waals surface area (Å²) in [6.07, 6.45) is 4.89. The molecule has 0 spiro atoms. The lowest BCUT2D eigenvalue weighted by molar-refractivity contribution is -0.208. The van der Waals surface area contributed by atoms with Gasteiger partial charge in [-0.3, -0.25) is 19.4 Å². The summed E-state index contributed by atoms with van der Waals surface area (Å²) >= 11 is 0. The second-order valence-corrected chi connectivity index (χ2v) is 21.5. The fraction of sp³-hybridized carbons (Fsp3) is 0.273. The number of hydrogen-bond donors (Lipinski definition) is 0. The Balaban J connectivity index is 0.858. The lowest BCUT2D eigenvalue weighted by Gasteiger charge is -2.23. The van der Waals surface area contributed by atoms with Gasteiger partial charge in [0.05, 0.1) is 22.3 Å². The van der Waals surface area contributed by atoms with Gasteiger partial charge in [0.1, 0.15) is 34.5 Å². The monoisotopic (exact) mass is 1150 g/mol. The molecule has 0 saturated heterocycles. The lowest BCUT2D eigenvalue weighted by atomic mass is 9.86. The highest BCUT2D eigenvalue weighted by Crippen LogP contribution is 2.37. The number of carbonyl (C=O) groups is 8.